The van der Waals surface area contributed by atoms with E-state index < -0.39 is 12.2 Å². The molecule has 0 aromatic heterocycles. The van der Waals surface area contributed by atoms with E-state index in [1.54, 1.807) is 0 Å². The molecule has 1 aliphatic rings. The molecule has 2 N–H and O–H groups in total. The summed E-state index contributed by atoms with van der Waals surface area (Å²) in [6.07, 6.45) is 7.49. The summed E-state index contributed by atoms with van der Waals surface area (Å²) in [7, 11) is 0. The highest BCUT2D eigenvalue weighted by Gasteiger charge is 2.39. The van der Waals surface area contributed by atoms with Crippen LogP contribution in [0.1, 0.15) is 66.4 Å². The van der Waals surface area contributed by atoms with Crippen LogP contribution in [0.5, 0.6) is 0 Å². The number of hydrogen-bond acceptors (Lipinski definition) is 2. The molecular formula is C26H40O2. The van der Waals surface area contributed by atoms with Crippen LogP contribution >= 0.6 is 0 Å². The minimum absolute atomic E-state index is 0.0426. The second kappa shape index (κ2) is 9.89. The molecule has 0 saturated heterocycles. The van der Waals surface area contributed by atoms with E-state index in [4.69, 9.17) is 0 Å². The van der Waals surface area contributed by atoms with Crippen LogP contribution in [0.15, 0.2) is 53.6 Å². The molecule has 28 heavy (non-hydrogen) atoms. The molecule has 1 aliphatic carbocycles. The van der Waals surface area contributed by atoms with Gasteiger partial charge < -0.3 is 10.2 Å². The van der Waals surface area contributed by atoms with Gasteiger partial charge in [-0.15, -0.1) is 0 Å². The molecule has 0 fully saturated rings. The van der Waals surface area contributed by atoms with Crippen molar-refractivity contribution in [1.82, 2.24) is 0 Å². The van der Waals surface area contributed by atoms with E-state index in [2.05, 4.69) is 70.2 Å². The van der Waals surface area contributed by atoms with Gasteiger partial charge in [0.05, 0.1) is 12.2 Å². The maximum atomic E-state index is 11.2. The van der Waals surface area contributed by atoms with E-state index >= 15 is 0 Å². The Bertz CT molecular complexity index is 669. The number of aliphatic hydroxyl groups is 2. The van der Waals surface area contributed by atoms with Crippen LogP contribution in [0.4, 0.5) is 0 Å². The molecule has 0 amide bonds. The third kappa shape index (κ3) is 5.81. The van der Waals surface area contributed by atoms with E-state index in [1.165, 1.54) is 11.1 Å². The summed E-state index contributed by atoms with van der Waals surface area (Å²) in [5.74, 6) is 0.796. The van der Waals surface area contributed by atoms with Crippen LogP contribution in [0, 0.1) is 23.2 Å². The smallest absolute Gasteiger partial charge is 0.0755 e. The fourth-order valence-electron chi connectivity index (χ4n) is 4.27. The van der Waals surface area contributed by atoms with Crippen LogP contribution in [0.3, 0.4) is 0 Å². The summed E-state index contributed by atoms with van der Waals surface area (Å²) in [5, 5.41) is 21.2. The van der Waals surface area contributed by atoms with Gasteiger partial charge in [0, 0.05) is 5.92 Å². The second-order valence-electron chi connectivity index (χ2n) is 9.54. The Morgan fingerprint density at radius 2 is 1.79 bits per heavy atom. The molecule has 2 heteroatoms. The average Bonchev–Trinajstić information content (AvgIpc) is 2.91. The van der Waals surface area contributed by atoms with Crippen LogP contribution in [0.2, 0.25) is 0 Å². The SMILES string of the molecule is CC1=CCC(C(=CC(C)C(C)O)C(O)CC(C)CCc2ccccc2)C1(C)C. The lowest BCUT2D eigenvalue weighted by Crippen LogP contribution is -2.30. The predicted octanol–water partition coefficient (Wildman–Crippen LogP) is 5.94. The molecule has 5 unspecified atom stereocenters. The zero-order chi connectivity index (χ0) is 20.9. The summed E-state index contributed by atoms with van der Waals surface area (Å²) >= 11 is 0. The van der Waals surface area contributed by atoms with Gasteiger partial charge in [-0.25, -0.2) is 0 Å². The Morgan fingerprint density at radius 3 is 2.32 bits per heavy atom. The Morgan fingerprint density at radius 1 is 1.14 bits per heavy atom. The summed E-state index contributed by atoms with van der Waals surface area (Å²) < 4.78 is 0. The zero-order valence-electron chi connectivity index (χ0n) is 18.7. The molecule has 0 spiro atoms. The van der Waals surface area contributed by atoms with E-state index in [1.807, 2.05) is 13.8 Å². The van der Waals surface area contributed by atoms with Crippen molar-refractivity contribution in [1.29, 1.82) is 0 Å². The first kappa shape index (κ1) is 22.9. The van der Waals surface area contributed by atoms with Crippen molar-refractivity contribution in [2.75, 3.05) is 0 Å². The Labute approximate surface area is 172 Å². The standard InChI is InChI=1S/C26H40O2/c1-18(12-14-22-10-8-7-9-11-22)16-25(28)23(17-19(2)21(4)27)24-15-13-20(3)26(24,5)6/h7-11,13,17-19,21,24-25,27-28H,12,14-16H2,1-6H3. The van der Waals surface area contributed by atoms with E-state index in [9.17, 15) is 10.2 Å². The topological polar surface area (TPSA) is 40.5 Å². The van der Waals surface area contributed by atoms with Crippen LogP contribution in [0.25, 0.3) is 0 Å². The first-order valence-electron chi connectivity index (χ1n) is 10.9. The lowest BCUT2D eigenvalue weighted by Gasteiger charge is -2.35. The fraction of sp³-hybridized carbons (Fsp3) is 0.615. The molecule has 0 radical (unpaired) electrons. The molecule has 156 valence electrons. The van der Waals surface area contributed by atoms with Crippen LogP contribution in [-0.4, -0.2) is 22.4 Å². The Balaban J connectivity index is 2.09. The highest BCUT2D eigenvalue weighted by Crippen LogP contribution is 2.48. The van der Waals surface area contributed by atoms with Crippen molar-refractivity contribution in [3.63, 3.8) is 0 Å². The third-order valence-electron chi connectivity index (χ3n) is 6.94. The van der Waals surface area contributed by atoms with Crippen molar-refractivity contribution in [3.8, 4) is 0 Å². The van der Waals surface area contributed by atoms with Gasteiger partial charge in [0.25, 0.3) is 0 Å². The van der Waals surface area contributed by atoms with Gasteiger partial charge in [0.2, 0.25) is 0 Å². The number of aryl methyl sites for hydroxylation is 1. The fourth-order valence-corrected chi connectivity index (χ4v) is 4.27. The largest absolute Gasteiger partial charge is 0.393 e. The molecular weight excluding hydrogens is 344 g/mol. The van der Waals surface area contributed by atoms with Crippen molar-refractivity contribution < 1.29 is 10.2 Å². The first-order chi connectivity index (χ1) is 13.1. The maximum Gasteiger partial charge on any atom is 0.0755 e. The maximum absolute atomic E-state index is 11.2. The summed E-state index contributed by atoms with van der Waals surface area (Å²) in [4.78, 5) is 0. The van der Waals surface area contributed by atoms with Gasteiger partial charge in [-0.3, -0.25) is 0 Å². The summed E-state index contributed by atoms with van der Waals surface area (Å²) in [5.41, 5.74) is 3.94. The predicted molar refractivity (Wildman–Crippen MR) is 119 cm³/mol. The van der Waals surface area contributed by atoms with Gasteiger partial charge in [-0.05, 0) is 67.9 Å². The van der Waals surface area contributed by atoms with Gasteiger partial charge in [-0.1, -0.05) is 75.8 Å². The van der Waals surface area contributed by atoms with E-state index in [0.29, 0.717) is 11.8 Å². The number of rotatable bonds is 9. The lowest BCUT2D eigenvalue weighted by molar-refractivity contribution is 0.139. The Hall–Kier alpha value is -1.38. The molecule has 2 nitrogen and oxygen atoms in total. The highest BCUT2D eigenvalue weighted by atomic mass is 16.3. The van der Waals surface area contributed by atoms with Crippen molar-refractivity contribution >= 4 is 0 Å². The molecule has 0 bridgehead atoms. The summed E-state index contributed by atoms with van der Waals surface area (Å²) in [6, 6.07) is 10.6. The highest BCUT2D eigenvalue weighted by molar-refractivity contribution is 5.29. The minimum Gasteiger partial charge on any atom is -0.393 e. The Kier molecular flexibility index (Phi) is 8.09. The number of aliphatic hydroxyl groups excluding tert-OH is 2. The molecule has 0 heterocycles. The molecule has 5 atom stereocenters. The van der Waals surface area contributed by atoms with Gasteiger partial charge in [0.15, 0.2) is 0 Å². The number of benzene rings is 1. The van der Waals surface area contributed by atoms with Crippen molar-refractivity contribution in [3.05, 3.63) is 59.2 Å². The van der Waals surface area contributed by atoms with E-state index in [-0.39, 0.29) is 11.3 Å². The van der Waals surface area contributed by atoms with Gasteiger partial charge in [-0.2, -0.15) is 0 Å². The molecule has 0 aliphatic heterocycles. The monoisotopic (exact) mass is 384 g/mol. The lowest BCUT2D eigenvalue weighted by atomic mass is 9.71. The van der Waals surface area contributed by atoms with Gasteiger partial charge >= 0.3 is 0 Å². The van der Waals surface area contributed by atoms with Gasteiger partial charge in [0.1, 0.15) is 0 Å². The molecule has 1 aromatic carbocycles. The third-order valence-corrected chi connectivity index (χ3v) is 6.94. The quantitative estimate of drug-likeness (QED) is 0.517. The van der Waals surface area contributed by atoms with Crippen LogP contribution < -0.4 is 0 Å². The van der Waals surface area contributed by atoms with Crippen LogP contribution in [-0.2, 0) is 6.42 Å². The average molecular weight is 385 g/mol. The molecule has 2 rings (SSSR count). The van der Waals surface area contributed by atoms with Crippen molar-refractivity contribution in [2.24, 2.45) is 23.2 Å². The molecule has 0 saturated carbocycles. The number of allylic oxidation sites excluding steroid dienone is 2. The molecule has 1 aromatic rings. The number of hydrogen-bond donors (Lipinski definition) is 2. The zero-order valence-corrected chi connectivity index (χ0v) is 18.7. The summed E-state index contributed by atoms with van der Waals surface area (Å²) in [6.45, 7) is 12.9. The minimum atomic E-state index is -0.449. The van der Waals surface area contributed by atoms with E-state index in [0.717, 1.165) is 31.3 Å². The normalized spacial score (nSPS) is 23.8. The second-order valence-corrected chi connectivity index (χ2v) is 9.54. The van der Waals surface area contributed by atoms with Crippen molar-refractivity contribution in [2.45, 2.75) is 79.4 Å². The first-order valence-corrected chi connectivity index (χ1v) is 10.9.